The van der Waals surface area contributed by atoms with Crippen molar-refractivity contribution in [2.45, 2.75) is 65.9 Å². The van der Waals surface area contributed by atoms with Crippen LogP contribution in [0.4, 0.5) is 0 Å². The van der Waals surface area contributed by atoms with Crippen LogP contribution in [0.25, 0.3) is 0 Å². The molecule has 17 heavy (non-hydrogen) atoms. The fourth-order valence-electron chi connectivity index (χ4n) is 2.78. The third-order valence-electron chi connectivity index (χ3n) is 3.80. The predicted molar refractivity (Wildman–Crippen MR) is 74.3 cm³/mol. The van der Waals surface area contributed by atoms with Crippen LogP contribution in [-0.4, -0.2) is 25.8 Å². The summed E-state index contributed by atoms with van der Waals surface area (Å²) >= 11 is 0. The minimum absolute atomic E-state index is 0.372. The van der Waals surface area contributed by atoms with Gasteiger partial charge in [-0.3, -0.25) is 0 Å². The summed E-state index contributed by atoms with van der Waals surface area (Å²) in [4.78, 5) is 0. The summed E-state index contributed by atoms with van der Waals surface area (Å²) in [5.74, 6) is 0.750. The second kappa shape index (κ2) is 7.38. The zero-order valence-electron chi connectivity index (χ0n) is 12.2. The molecule has 2 heteroatoms. The van der Waals surface area contributed by atoms with E-state index in [-0.39, 0.29) is 0 Å². The lowest BCUT2D eigenvalue weighted by atomic mass is 9.83. The molecule has 1 saturated carbocycles. The summed E-state index contributed by atoms with van der Waals surface area (Å²) in [5, 5.41) is 3.65. The third kappa shape index (κ3) is 5.87. The quantitative estimate of drug-likeness (QED) is 0.701. The summed E-state index contributed by atoms with van der Waals surface area (Å²) in [6, 6.07) is 0. The van der Waals surface area contributed by atoms with Gasteiger partial charge in [0, 0.05) is 13.2 Å². The zero-order chi connectivity index (χ0) is 12.7. The lowest BCUT2D eigenvalue weighted by Gasteiger charge is -2.30. The molecule has 1 N–H and O–H groups in total. The van der Waals surface area contributed by atoms with Crippen molar-refractivity contribution in [1.82, 2.24) is 5.32 Å². The summed E-state index contributed by atoms with van der Waals surface area (Å²) in [7, 11) is 0. The van der Waals surface area contributed by atoms with Gasteiger partial charge in [0.15, 0.2) is 0 Å². The van der Waals surface area contributed by atoms with Crippen molar-refractivity contribution in [3.8, 4) is 0 Å². The molecule has 0 amide bonds. The van der Waals surface area contributed by atoms with Gasteiger partial charge in [0.25, 0.3) is 0 Å². The first kappa shape index (κ1) is 15.0. The molecule has 2 nitrogen and oxygen atoms in total. The van der Waals surface area contributed by atoms with Gasteiger partial charge in [-0.2, -0.15) is 0 Å². The average Bonchev–Trinajstić information content (AvgIpc) is 2.66. The first-order valence-corrected chi connectivity index (χ1v) is 7.36. The fraction of sp³-hybridized carbons (Fsp3) is 1.00. The Morgan fingerprint density at radius 1 is 1.12 bits per heavy atom. The van der Waals surface area contributed by atoms with Crippen molar-refractivity contribution in [2.75, 3.05) is 19.7 Å². The molecule has 0 saturated heterocycles. The average molecular weight is 241 g/mol. The van der Waals surface area contributed by atoms with E-state index in [1.807, 2.05) is 0 Å². The van der Waals surface area contributed by atoms with Crippen LogP contribution < -0.4 is 5.32 Å². The second-order valence-electron chi connectivity index (χ2n) is 6.40. The van der Waals surface area contributed by atoms with Gasteiger partial charge < -0.3 is 10.1 Å². The smallest absolute Gasteiger partial charge is 0.0518 e. The highest BCUT2D eigenvalue weighted by Gasteiger charge is 2.33. The van der Waals surface area contributed by atoms with E-state index in [4.69, 9.17) is 4.74 Å². The van der Waals surface area contributed by atoms with E-state index < -0.39 is 0 Å². The van der Waals surface area contributed by atoms with Gasteiger partial charge >= 0.3 is 0 Å². The Morgan fingerprint density at radius 3 is 2.29 bits per heavy atom. The van der Waals surface area contributed by atoms with Gasteiger partial charge in [-0.1, -0.05) is 26.7 Å². The molecule has 0 radical (unpaired) electrons. The molecule has 1 rings (SSSR count). The third-order valence-corrected chi connectivity index (χ3v) is 3.80. The van der Waals surface area contributed by atoms with Crippen molar-refractivity contribution in [3.63, 3.8) is 0 Å². The Balaban J connectivity index is 2.29. The molecule has 0 heterocycles. The largest absolute Gasteiger partial charge is 0.379 e. The highest BCUT2D eigenvalue weighted by molar-refractivity contribution is 4.86. The molecule has 0 aromatic heterocycles. The van der Waals surface area contributed by atoms with Crippen LogP contribution >= 0.6 is 0 Å². The van der Waals surface area contributed by atoms with E-state index >= 15 is 0 Å². The Bertz CT molecular complexity index is 179. The first-order chi connectivity index (χ1) is 8.04. The Labute approximate surface area is 108 Å². The van der Waals surface area contributed by atoms with Crippen molar-refractivity contribution >= 4 is 0 Å². The predicted octanol–water partition coefficient (Wildman–Crippen LogP) is 3.61. The van der Waals surface area contributed by atoms with E-state index in [1.54, 1.807) is 0 Å². The lowest BCUT2D eigenvalue weighted by molar-refractivity contribution is 0.0512. The molecular weight excluding hydrogens is 210 g/mol. The number of rotatable bonds is 8. The minimum Gasteiger partial charge on any atom is -0.379 e. The van der Waals surface area contributed by atoms with E-state index in [0.29, 0.717) is 11.5 Å². The van der Waals surface area contributed by atoms with Crippen LogP contribution in [0.15, 0.2) is 0 Å². The van der Waals surface area contributed by atoms with Crippen LogP contribution in [0, 0.1) is 11.3 Å². The number of ether oxygens (including phenoxy) is 1. The summed E-state index contributed by atoms with van der Waals surface area (Å²) < 4.78 is 5.73. The standard InChI is InChI=1S/C15H31NO/c1-13(2)11-16-12-15(7-5-6-8-15)9-10-17-14(3)4/h13-14,16H,5-12H2,1-4H3. The van der Waals surface area contributed by atoms with Gasteiger partial charge in [-0.25, -0.2) is 0 Å². The SMILES string of the molecule is CC(C)CNCC1(CCOC(C)C)CCCC1. The number of hydrogen-bond donors (Lipinski definition) is 1. The van der Waals surface area contributed by atoms with E-state index in [2.05, 4.69) is 33.0 Å². The Morgan fingerprint density at radius 2 is 1.76 bits per heavy atom. The molecule has 0 unspecified atom stereocenters. The first-order valence-electron chi connectivity index (χ1n) is 7.36. The Hall–Kier alpha value is -0.0800. The van der Waals surface area contributed by atoms with Crippen molar-refractivity contribution < 1.29 is 4.74 Å². The van der Waals surface area contributed by atoms with E-state index in [0.717, 1.165) is 19.1 Å². The normalized spacial score (nSPS) is 19.4. The van der Waals surface area contributed by atoms with Gasteiger partial charge in [-0.15, -0.1) is 0 Å². The van der Waals surface area contributed by atoms with E-state index in [9.17, 15) is 0 Å². The summed E-state index contributed by atoms with van der Waals surface area (Å²) in [6.07, 6.45) is 7.20. The van der Waals surface area contributed by atoms with Crippen LogP contribution in [0.5, 0.6) is 0 Å². The molecule has 0 aromatic rings. The van der Waals surface area contributed by atoms with Gasteiger partial charge in [0.2, 0.25) is 0 Å². The van der Waals surface area contributed by atoms with E-state index in [1.165, 1.54) is 38.6 Å². The number of hydrogen-bond acceptors (Lipinski definition) is 2. The molecule has 0 atom stereocenters. The maximum absolute atomic E-state index is 5.73. The fourth-order valence-corrected chi connectivity index (χ4v) is 2.78. The molecule has 0 aliphatic heterocycles. The minimum atomic E-state index is 0.372. The lowest BCUT2D eigenvalue weighted by Crippen LogP contribution is -2.35. The van der Waals surface area contributed by atoms with Crippen LogP contribution in [0.1, 0.15) is 59.8 Å². The molecule has 0 aromatic carbocycles. The molecular formula is C15H31NO. The van der Waals surface area contributed by atoms with Crippen molar-refractivity contribution in [2.24, 2.45) is 11.3 Å². The second-order valence-corrected chi connectivity index (χ2v) is 6.40. The Kier molecular flexibility index (Phi) is 6.50. The maximum atomic E-state index is 5.73. The topological polar surface area (TPSA) is 21.3 Å². The summed E-state index contributed by atoms with van der Waals surface area (Å²) in [5.41, 5.74) is 0.532. The van der Waals surface area contributed by atoms with Crippen LogP contribution in [0.3, 0.4) is 0 Å². The zero-order valence-corrected chi connectivity index (χ0v) is 12.2. The molecule has 0 bridgehead atoms. The van der Waals surface area contributed by atoms with Crippen LogP contribution in [-0.2, 0) is 4.74 Å². The van der Waals surface area contributed by atoms with Gasteiger partial charge in [0.1, 0.15) is 0 Å². The molecule has 0 spiro atoms. The number of nitrogens with one attached hydrogen (secondary N) is 1. The van der Waals surface area contributed by atoms with Gasteiger partial charge in [0.05, 0.1) is 6.10 Å². The highest BCUT2D eigenvalue weighted by atomic mass is 16.5. The molecule has 1 aliphatic carbocycles. The monoisotopic (exact) mass is 241 g/mol. The molecule has 1 aliphatic rings. The molecule has 1 fully saturated rings. The maximum Gasteiger partial charge on any atom is 0.0518 e. The highest BCUT2D eigenvalue weighted by Crippen LogP contribution is 2.40. The van der Waals surface area contributed by atoms with Crippen molar-refractivity contribution in [1.29, 1.82) is 0 Å². The van der Waals surface area contributed by atoms with Crippen molar-refractivity contribution in [3.05, 3.63) is 0 Å². The van der Waals surface area contributed by atoms with Crippen LogP contribution in [0.2, 0.25) is 0 Å². The van der Waals surface area contributed by atoms with Gasteiger partial charge in [-0.05, 0) is 51.0 Å². The molecule has 102 valence electrons. The summed E-state index contributed by atoms with van der Waals surface area (Å²) in [6.45, 7) is 12.1.